The Morgan fingerprint density at radius 2 is 1.74 bits per heavy atom. The van der Waals surface area contributed by atoms with E-state index in [-0.39, 0.29) is 0 Å². The Balaban J connectivity index is 1.97. The molecule has 1 aliphatic carbocycles. The van der Waals surface area contributed by atoms with E-state index < -0.39 is 0 Å². The van der Waals surface area contributed by atoms with Crippen molar-refractivity contribution in [3.8, 4) is 0 Å². The fraction of sp³-hybridized carbons (Fsp3) is 0.667. The summed E-state index contributed by atoms with van der Waals surface area (Å²) in [4.78, 5) is 0. The minimum Gasteiger partial charge on any atom is -0.310 e. The maximum absolute atomic E-state index is 3.71. The number of benzene rings is 1. The number of hydrogen-bond donors (Lipinski definition) is 1. The molecule has 0 aliphatic heterocycles. The molecule has 1 nitrogen and oxygen atoms in total. The molecule has 0 spiro atoms. The van der Waals surface area contributed by atoms with Gasteiger partial charge in [0, 0.05) is 6.04 Å². The Morgan fingerprint density at radius 1 is 1.05 bits per heavy atom. The predicted octanol–water partition coefficient (Wildman–Crippen LogP) is 4.65. The van der Waals surface area contributed by atoms with Crippen LogP contribution in [0.3, 0.4) is 0 Å². The fourth-order valence-corrected chi connectivity index (χ4v) is 3.06. The summed E-state index contributed by atoms with van der Waals surface area (Å²) in [6.07, 6.45) is 7.86. The minimum atomic E-state index is 0.479. The highest BCUT2D eigenvalue weighted by atomic mass is 14.9. The van der Waals surface area contributed by atoms with Crippen LogP contribution in [0.1, 0.15) is 69.2 Å². The molecular weight excluding hydrogens is 230 g/mol. The van der Waals surface area contributed by atoms with Crippen LogP contribution in [-0.4, -0.2) is 6.54 Å². The molecule has 1 N–H and O–H groups in total. The van der Waals surface area contributed by atoms with Crippen molar-refractivity contribution >= 4 is 0 Å². The average molecular weight is 259 g/mol. The molecule has 0 radical (unpaired) electrons. The van der Waals surface area contributed by atoms with Gasteiger partial charge in [-0.2, -0.15) is 0 Å². The summed E-state index contributed by atoms with van der Waals surface area (Å²) in [5.74, 6) is 0.820. The molecule has 0 saturated carbocycles. The summed E-state index contributed by atoms with van der Waals surface area (Å²) in [5.41, 5.74) is 4.65. The molecule has 1 aliphatic rings. The normalized spacial score (nSPS) is 16.4. The molecule has 1 unspecified atom stereocenters. The van der Waals surface area contributed by atoms with Gasteiger partial charge >= 0.3 is 0 Å². The molecule has 2 rings (SSSR count). The van der Waals surface area contributed by atoms with Gasteiger partial charge in [0.1, 0.15) is 0 Å². The average Bonchev–Trinajstić information content (AvgIpc) is 2.47. The van der Waals surface area contributed by atoms with Crippen LogP contribution in [0.4, 0.5) is 0 Å². The first-order valence-corrected chi connectivity index (χ1v) is 8.09. The summed E-state index contributed by atoms with van der Waals surface area (Å²) >= 11 is 0. The zero-order valence-corrected chi connectivity index (χ0v) is 12.8. The van der Waals surface area contributed by atoms with Gasteiger partial charge in [0.15, 0.2) is 0 Å². The predicted molar refractivity (Wildman–Crippen MR) is 83.6 cm³/mol. The van der Waals surface area contributed by atoms with E-state index in [0.717, 1.165) is 12.5 Å². The number of aryl methyl sites for hydroxylation is 2. The van der Waals surface area contributed by atoms with Gasteiger partial charge in [-0.25, -0.2) is 0 Å². The third kappa shape index (κ3) is 3.82. The Labute approximate surface area is 118 Å². The highest BCUT2D eigenvalue weighted by Crippen LogP contribution is 2.24. The van der Waals surface area contributed by atoms with E-state index in [2.05, 4.69) is 44.3 Å². The number of hydrogen-bond acceptors (Lipinski definition) is 1. The minimum absolute atomic E-state index is 0.479. The second-order valence-electron chi connectivity index (χ2n) is 6.05. The van der Waals surface area contributed by atoms with Gasteiger partial charge in [-0.3, -0.25) is 0 Å². The Hall–Kier alpha value is -0.820. The first-order chi connectivity index (χ1) is 9.24. The molecule has 0 heterocycles. The summed E-state index contributed by atoms with van der Waals surface area (Å²) in [7, 11) is 0. The summed E-state index contributed by atoms with van der Waals surface area (Å²) in [5, 5.41) is 3.71. The molecule has 106 valence electrons. The Bertz CT molecular complexity index is 393. The van der Waals surface area contributed by atoms with Crippen molar-refractivity contribution in [2.75, 3.05) is 6.54 Å². The summed E-state index contributed by atoms with van der Waals surface area (Å²) < 4.78 is 0. The largest absolute Gasteiger partial charge is 0.310 e. The van der Waals surface area contributed by atoms with Crippen LogP contribution in [0.2, 0.25) is 0 Å². The standard InChI is InChI=1S/C18H29N/c1-4-15(5-2)13-19-14(3)17-11-10-16-8-6-7-9-18(16)12-17/h10-12,14-15,19H,4-9,13H2,1-3H3. The third-order valence-electron chi connectivity index (χ3n) is 4.74. The van der Waals surface area contributed by atoms with E-state index in [0.29, 0.717) is 6.04 Å². The first kappa shape index (κ1) is 14.6. The molecule has 0 fully saturated rings. The lowest BCUT2D eigenvalue weighted by molar-refractivity contribution is 0.422. The SMILES string of the molecule is CCC(CC)CNC(C)c1ccc2c(c1)CCCC2. The third-order valence-corrected chi connectivity index (χ3v) is 4.74. The quantitative estimate of drug-likeness (QED) is 0.784. The summed E-state index contributed by atoms with van der Waals surface area (Å²) in [6, 6.07) is 7.61. The van der Waals surface area contributed by atoms with Crippen LogP contribution in [0, 0.1) is 5.92 Å². The van der Waals surface area contributed by atoms with Gasteiger partial charge in [-0.05, 0) is 61.8 Å². The Kier molecular flexibility index (Phi) is 5.45. The van der Waals surface area contributed by atoms with E-state index in [4.69, 9.17) is 0 Å². The topological polar surface area (TPSA) is 12.0 Å². The van der Waals surface area contributed by atoms with Crippen LogP contribution < -0.4 is 5.32 Å². The van der Waals surface area contributed by atoms with E-state index in [1.54, 1.807) is 11.1 Å². The summed E-state index contributed by atoms with van der Waals surface area (Å²) in [6.45, 7) is 8.02. The molecule has 1 atom stereocenters. The maximum atomic E-state index is 3.71. The van der Waals surface area contributed by atoms with Crippen molar-refractivity contribution < 1.29 is 0 Å². The van der Waals surface area contributed by atoms with Crippen molar-refractivity contribution in [2.45, 2.75) is 65.3 Å². The highest BCUT2D eigenvalue weighted by Gasteiger charge is 2.13. The zero-order valence-electron chi connectivity index (χ0n) is 12.8. The van der Waals surface area contributed by atoms with Crippen molar-refractivity contribution in [1.29, 1.82) is 0 Å². The van der Waals surface area contributed by atoms with E-state index in [1.165, 1.54) is 44.1 Å². The Morgan fingerprint density at radius 3 is 2.42 bits per heavy atom. The molecule has 0 saturated heterocycles. The number of rotatable bonds is 6. The molecule has 1 heteroatoms. The van der Waals surface area contributed by atoms with Crippen LogP contribution in [0.5, 0.6) is 0 Å². The van der Waals surface area contributed by atoms with Gasteiger partial charge in [-0.15, -0.1) is 0 Å². The highest BCUT2D eigenvalue weighted by molar-refractivity contribution is 5.35. The van der Waals surface area contributed by atoms with Gasteiger partial charge in [0.2, 0.25) is 0 Å². The van der Waals surface area contributed by atoms with Crippen LogP contribution >= 0.6 is 0 Å². The van der Waals surface area contributed by atoms with Gasteiger partial charge in [0.05, 0.1) is 0 Å². The lowest BCUT2D eigenvalue weighted by atomic mass is 9.89. The number of nitrogens with one attached hydrogen (secondary N) is 1. The maximum Gasteiger partial charge on any atom is 0.0292 e. The first-order valence-electron chi connectivity index (χ1n) is 8.09. The fourth-order valence-electron chi connectivity index (χ4n) is 3.06. The van der Waals surface area contributed by atoms with E-state index >= 15 is 0 Å². The molecule has 19 heavy (non-hydrogen) atoms. The van der Waals surface area contributed by atoms with Gasteiger partial charge < -0.3 is 5.32 Å². The van der Waals surface area contributed by atoms with Crippen LogP contribution in [-0.2, 0) is 12.8 Å². The molecule has 0 aromatic heterocycles. The van der Waals surface area contributed by atoms with E-state index in [9.17, 15) is 0 Å². The smallest absolute Gasteiger partial charge is 0.0292 e. The van der Waals surface area contributed by atoms with Gasteiger partial charge in [0.25, 0.3) is 0 Å². The lowest BCUT2D eigenvalue weighted by Gasteiger charge is -2.22. The molecule has 1 aromatic carbocycles. The second-order valence-corrected chi connectivity index (χ2v) is 6.05. The molecular formula is C18H29N. The van der Waals surface area contributed by atoms with Crippen LogP contribution in [0.25, 0.3) is 0 Å². The van der Waals surface area contributed by atoms with E-state index in [1.807, 2.05) is 0 Å². The van der Waals surface area contributed by atoms with Gasteiger partial charge in [-0.1, -0.05) is 44.9 Å². The van der Waals surface area contributed by atoms with Crippen molar-refractivity contribution in [1.82, 2.24) is 5.32 Å². The molecule has 0 amide bonds. The molecule has 0 bridgehead atoms. The number of fused-ring (bicyclic) bond motifs is 1. The van der Waals surface area contributed by atoms with Crippen molar-refractivity contribution in [3.63, 3.8) is 0 Å². The molecule has 1 aromatic rings. The lowest BCUT2D eigenvalue weighted by Crippen LogP contribution is -2.25. The van der Waals surface area contributed by atoms with Crippen molar-refractivity contribution in [2.24, 2.45) is 5.92 Å². The van der Waals surface area contributed by atoms with Crippen LogP contribution in [0.15, 0.2) is 18.2 Å². The second kappa shape index (κ2) is 7.09. The zero-order chi connectivity index (χ0) is 13.7. The monoisotopic (exact) mass is 259 g/mol. The van der Waals surface area contributed by atoms with Crippen molar-refractivity contribution in [3.05, 3.63) is 34.9 Å².